The van der Waals surface area contributed by atoms with E-state index >= 15 is 0 Å². The van der Waals surface area contributed by atoms with Gasteiger partial charge in [0, 0.05) is 24.0 Å². The highest BCUT2D eigenvalue weighted by molar-refractivity contribution is 6.04. The molecule has 2 N–H and O–H groups in total. The number of aliphatic hydroxyl groups is 2. The third kappa shape index (κ3) is 4.87. The molecule has 0 spiro atoms. The molecule has 0 heterocycles. The highest BCUT2D eigenvalue weighted by Crippen LogP contribution is 2.33. The normalized spacial score (nSPS) is 19.4. The van der Waals surface area contributed by atoms with Gasteiger partial charge >= 0.3 is 0 Å². The van der Waals surface area contributed by atoms with Crippen molar-refractivity contribution in [3.63, 3.8) is 0 Å². The molecular formula is C28H25NO5. The van der Waals surface area contributed by atoms with Crippen molar-refractivity contribution in [3.05, 3.63) is 64.2 Å². The molecule has 0 aromatic heterocycles. The number of nitriles is 1. The van der Waals surface area contributed by atoms with E-state index in [1.54, 1.807) is 25.3 Å². The predicted octanol–water partition coefficient (Wildman–Crippen LogP) is 2.73. The van der Waals surface area contributed by atoms with Crippen molar-refractivity contribution in [1.29, 1.82) is 5.26 Å². The van der Waals surface area contributed by atoms with Crippen LogP contribution >= 0.6 is 0 Å². The van der Waals surface area contributed by atoms with E-state index in [2.05, 4.69) is 11.8 Å². The van der Waals surface area contributed by atoms with E-state index < -0.39 is 24.0 Å². The molecule has 0 fully saturated rings. The van der Waals surface area contributed by atoms with Crippen LogP contribution in [0.4, 0.5) is 0 Å². The SMILES string of the molecule is C#CCC(O)C1Cc2ccc(OC)cc2C1=O.C#CCC(O)C1Cc2cccc(C#N)c2C1=O. The summed E-state index contributed by atoms with van der Waals surface area (Å²) >= 11 is 0. The Morgan fingerprint density at radius 1 is 1.00 bits per heavy atom. The number of methoxy groups -OCH3 is 1. The first-order valence-electron chi connectivity index (χ1n) is 10.9. The lowest BCUT2D eigenvalue weighted by Crippen LogP contribution is -2.25. The molecule has 0 saturated carbocycles. The topological polar surface area (TPSA) is 108 Å². The third-order valence-corrected chi connectivity index (χ3v) is 6.24. The van der Waals surface area contributed by atoms with Gasteiger partial charge in [-0.3, -0.25) is 9.59 Å². The fourth-order valence-electron chi connectivity index (χ4n) is 4.44. The summed E-state index contributed by atoms with van der Waals surface area (Å²) < 4.78 is 5.08. The first kappa shape index (κ1) is 24.7. The summed E-state index contributed by atoms with van der Waals surface area (Å²) in [7, 11) is 1.56. The van der Waals surface area contributed by atoms with Crippen LogP contribution in [0.25, 0.3) is 0 Å². The number of carbonyl (C=O) groups excluding carboxylic acids is 2. The first-order valence-corrected chi connectivity index (χ1v) is 10.9. The van der Waals surface area contributed by atoms with Gasteiger partial charge in [-0.25, -0.2) is 0 Å². The molecule has 172 valence electrons. The molecule has 2 aliphatic carbocycles. The van der Waals surface area contributed by atoms with Crippen molar-refractivity contribution in [2.24, 2.45) is 11.8 Å². The number of rotatable bonds is 5. The highest BCUT2D eigenvalue weighted by atomic mass is 16.5. The molecular weight excluding hydrogens is 430 g/mol. The van der Waals surface area contributed by atoms with Crippen molar-refractivity contribution >= 4 is 11.6 Å². The maximum absolute atomic E-state index is 12.1. The lowest BCUT2D eigenvalue weighted by molar-refractivity contribution is 0.0715. The van der Waals surface area contributed by atoms with Gasteiger partial charge in [0.2, 0.25) is 0 Å². The second-order valence-corrected chi connectivity index (χ2v) is 8.28. The lowest BCUT2D eigenvalue weighted by Gasteiger charge is -2.13. The van der Waals surface area contributed by atoms with Crippen molar-refractivity contribution in [2.45, 2.75) is 37.9 Å². The summed E-state index contributed by atoms with van der Waals surface area (Å²) in [5.74, 6) is 4.28. The molecule has 6 heteroatoms. The van der Waals surface area contributed by atoms with E-state index in [-0.39, 0.29) is 24.4 Å². The van der Waals surface area contributed by atoms with Crippen molar-refractivity contribution in [1.82, 2.24) is 0 Å². The van der Waals surface area contributed by atoms with Crippen molar-refractivity contribution < 1.29 is 24.5 Å². The number of Topliss-reactive ketones (excluding diaryl/α,β-unsaturated/α-hetero) is 2. The van der Waals surface area contributed by atoms with Gasteiger partial charge in [0.1, 0.15) is 5.75 Å². The fourth-order valence-corrected chi connectivity index (χ4v) is 4.44. The zero-order chi connectivity index (χ0) is 24.8. The predicted molar refractivity (Wildman–Crippen MR) is 126 cm³/mol. The van der Waals surface area contributed by atoms with Crippen LogP contribution in [0.5, 0.6) is 5.75 Å². The number of benzene rings is 2. The minimum Gasteiger partial charge on any atom is -0.497 e. The number of aliphatic hydroxyl groups excluding tert-OH is 2. The zero-order valence-corrected chi connectivity index (χ0v) is 18.8. The molecule has 4 atom stereocenters. The molecule has 6 nitrogen and oxygen atoms in total. The molecule has 4 rings (SSSR count). The third-order valence-electron chi connectivity index (χ3n) is 6.24. The van der Waals surface area contributed by atoms with Gasteiger partial charge < -0.3 is 14.9 Å². The van der Waals surface area contributed by atoms with E-state index in [1.165, 1.54) is 0 Å². The molecule has 4 unspecified atom stereocenters. The Morgan fingerprint density at radius 3 is 2.21 bits per heavy atom. The molecule has 0 aliphatic heterocycles. The van der Waals surface area contributed by atoms with E-state index in [1.807, 2.05) is 24.3 Å². The maximum Gasteiger partial charge on any atom is 0.170 e. The Bertz CT molecular complexity index is 1230. The number of nitrogens with zero attached hydrogens (tertiary/aromatic N) is 1. The highest BCUT2D eigenvalue weighted by Gasteiger charge is 2.37. The van der Waals surface area contributed by atoms with E-state index in [0.29, 0.717) is 35.3 Å². The Morgan fingerprint density at radius 2 is 1.62 bits per heavy atom. The molecule has 34 heavy (non-hydrogen) atoms. The molecule has 0 amide bonds. The summed E-state index contributed by atoms with van der Waals surface area (Å²) in [6.45, 7) is 0. The average molecular weight is 456 g/mol. The number of ether oxygens (including phenoxy) is 1. The smallest absolute Gasteiger partial charge is 0.170 e. The molecule has 2 aromatic carbocycles. The lowest BCUT2D eigenvalue weighted by atomic mass is 9.95. The monoisotopic (exact) mass is 455 g/mol. The van der Waals surface area contributed by atoms with Crippen molar-refractivity contribution in [2.75, 3.05) is 7.11 Å². The molecule has 0 bridgehead atoms. The van der Waals surface area contributed by atoms with Crippen LogP contribution in [-0.4, -0.2) is 41.1 Å². The van der Waals surface area contributed by atoms with E-state index in [4.69, 9.17) is 22.8 Å². The number of ketones is 2. The van der Waals surface area contributed by atoms with E-state index in [0.717, 1.165) is 11.1 Å². The Hall–Kier alpha value is -3.89. The Balaban J connectivity index is 0.000000191. The second-order valence-electron chi connectivity index (χ2n) is 8.28. The van der Waals surface area contributed by atoms with Gasteiger partial charge in [0.15, 0.2) is 11.6 Å². The van der Waals surface area contributed by atoms with Crippen LogP contribution in [0.3, 0.4) is 0 Å². The average Bonchev–Trinajstić information content (AvgIpc) is 3.36. The van der Waals surface area contributed by atoms with Crippen LogP contribution in [0.2, 0.25) is 0 Å². The van der Waals surface area contributed by atoms with Gasteiger partial charge in [-0.15, -0.1) is 24.7 Å². The van der Waals surface area contributed by atoms with Gasteiger partial charge in [-0.1, -0.05) is 18.2 Å². The first-order chi connectivity index (χ1) is 16.4. The fraction of sp³-hybridized carbons (Fsp3) is 0.321. The molecule has 0 saturated heterocycles. The van der Waals surface area contributed by atoms with Crippen molar-refractivity contribution in [3.8, 4) is 36.5 Å². The van der Waals surface area contributed by atoms with Crippen LogP contribution < -0.4 is 4.74 Å². The van der Waals surface area contributed by atoms with Gasteiger partial charge in [0.05, 0.1) is 42.8 Å². The van der Waals surface area contributed by atoms with Crippen LogP contribution in [-0.2, 0) is 12.8 Å². The van der Waals surface area contributed by atoms with Gasteiger partial charge in [0.25, 0.3) is 0 Å². The minimum absolute atomic E-state index is 0.0401. The number of carbonyl (C=O) groups is 2. The van der Waals surface area contributed by atoms with Gasteiger partial charge in [-0.2, -0.15) is 5.26 Å². The molecule has 0 radical (unpaired) electrons. The second kappa shape index (κ2) is 10.8. The summed E-state index contributed by atoms with van der Waals surface area (Å²) in [5, 5.41) is 28.6. The molecule has 2 aliphatic rings. The van der Waals surface area contributed by atoms with Gasteiger partial charge in [-0.05, 0) is 42.2 Å². The number of fused-ring (bicyclic) bond motifs is 2. The summed E-state index contributed by atoms with van der Waals surface area (Å²) in [6.07, 6.45) is 10.1. The summed E-state index contributed by atoms with van der Waals surface area (Å²) in [4.78, 5) is 24.2. The number of terminal acetylenes is 2. The maximum atomic E-state index is 12.1. The minimum atomic E-state index is -0.827. The Labute approximate surface area is 199 Å². The number of hydrogen-bond acceptors (Lipinski definition) is 6. The largest absolute Gasteiger partial charge is 0.497 e. The standard InChI is InChI=1S/C14H11NO2.C14H14O3/c1-2-4-12(16)11-7-9-5-3-6-10(8-15)13(9)14(11)17;1-3-4-13(15)12-7-9-5-6-10(17-2)8-11(9)14(12)16/h1,3,5-6,11-12,16H,4,7H2;1,5-6,8,12-13,15H,4,7H2,2H3. The van der Waals surface area contributed by atoms with Crippen LogP contribution in [0.1, 0.15) is 50.2 Å². The van der Waals surface area contributed by atoms with Crippen LogP contribution in [0.15, 0.2) is 36.4 Å². The Kier molecular flexibility index (Phi) is 7.87. The summed E-state index contributed by atoms with van der Waals surface area (Å²) in [5.41, 5.74) is 3.26. The number of hydrogen-bond donors (Lipinski definition) is 2. The zero-order valence-electron chi connectivity index (χ0n) is 18.8. The summed E-state index contributed by atoms with van der Waals surface area (Å²) in [6, 6.07) is 12.6. The quantitative estimate of drug-likeness (QED) is 0.672. The molecule has 2 aromatic rings. The van der Waals surface area contributed by atoms with E-state index in [9.17, 15) is 19.8 Å². The van der Waals surface area contributed by atoms with Crippen LogP contribution in [0, 0.1) is 47.9 Å².